The molecule has 1 heterocycles. The first kappa shape index (κ1) is 19.2. The fourth-order valence-corrected chi connectivity index (χ4v) is 2.61. The number of anilines is 1. The van der Waals surface area contributed by atoms with Gasteiger partial charge >= 0.3 is 5.97 Å². The van der Waals surface area contributed by atoms with Crippen LogP contribution >= 0.6 is 34.8 Å². The summed E-state index contributed by atoms with van der Waals surface area (Å²) >= 11 is 18.1. The van der Waals surface area contributed by atoms with E-state index < -0.39 is 5.97 Å². The average molecular weight is 344 g/mol. The molecule has 5 nitrogen and oxygen atoms in total. The van der Waals surface area contributed by atoms with Gasteiger partial charge in [0.15, 0.2) is 10.8 Å². The number of hydrogen-bond acceptors (Lipinski definition) is 3. The van der Waals surface area contributed by atoms with E-state index in [9.17, 15) is 4.79 Å². The zero-order valence-electron chi connectivity index (χ0n) is 11.2. The molecule has 0 unspecified atom stereocenters. The summed E-state index contributed by atoms with van der Waals surface area (Å²) in [6, 6.07) is 0. The summed E-state index contributed by atoms with van der Waals surface area (Å²) in [7, 11) is 0. The number of rotatable bonds is 6. The fourth-order valence-electron chi connectivity index (χ4n) is 1.80. The summed E-state index contributed by atoms with van der Waals surface area (Å²) in [4.78, 5) is 16.8. The van der Waals surface area contributed by atoms with Crippen molar-refractivity contribution in [2.45, 2.75) is 26.7 Å². The van der Waals surface area contributed by atoms with E-state index in [2.05, 4.69) is 4.98 Å². The molecule has 0 saturated carbocycles. The Hall–Kier alpha value is -0.750. The molecule has 0 aliphatic heterocycles. The number of carbonyl (C=O) groups is 1. The summed E-state index contributed by atoms with van der Waals surface area (Å²) in [6.07, 6.45) is 1.77. The molecule has 0 aliphatic rings. The van der Waals surface area contributed by atoms with Crippen LogP contribution in [0.1, 0.15) is 37.2 Å². The Morgan fingerprint density at radius 3 is 2.05 bits per heavy atom. The first-order valence-corrected chi connectivity index (χ1v) is 7.10. The lowest BCUT2D eigenvalue weighted by molar-refractivity contribution is 0.0690. The molecule has 0 bridgehead atoms. The predicted octanol–water partition coefficient (Wildman–Crippen LogP) is 3.54. The van der Waals surface area contributed by atoms with Crippen molar-refractivity contribution in [2.75, 3.05) is 18.0 Å². The van der Waals surface area contributed by atoms with Crippen molar-refractivity contribution >= 4 is 46.5 Å². The van der Waals surface area contributed by atoms with Gasteiger partial charge in [0.25, 0.3) is 0 Å². The Balaban J connectivity index is 0.00000361. The van der Waals surface area contributed by atoms with Crippen LogP contribution in [-0.2, 0) is 0 Å². The third-order valence-electron chi connectivity index (χ3n) is 2.52. The second kappa shape index (κ2) is 8.52. The molecule has 0 radical (unpaired) electrons. The molecule has 0 fully saturated rings. The normalized spacial score (nSPS) is 10.1. The second-order valence-electron chi connectivity index (χ2n) is 4.02. The molecule has 1 aromatic heterocycles. The maximum Gasteiger partial charge on any atom is 0.356 e. The first-order valence-electron chi connectivity index (χ1n) is 5.96. The van der Waals surface area contributed by atoms with Crippen LogP contribution in [-0.4, -0.2) is 34.6 Å². The molecule has 1 rings (SSSR count). The van der Waals surface area contributed by atoms with Gasteiger partial charge in [0, 0.05) is 13.1 Å². The van der Waals surface area contributed by atoms with Crippen molar-refractivity contribution in [1.29, 1.82) is 0 Å². The molecule has 0 aliphatic carbocycles. The summed E-state index contributed by atoms with van der Waals surface area (Å²) in [5.74, 6) is -1.22. The maximum atomic E-state index is 11.1. The Labute approximate surface area is 132 Å². The van der Waals surface area contributed by atoms with Crippen LogP contribution in [0.15, 0.2) is 0 Å². The van der Waals surface area contributed by atoms with E-state index in [0.29, 0.717) is 18.8 Å². The van der Waals surface area contributed by atoms with Gasteiger partial charge in [0.1, 0.15) is 5.02 Å². The van der Waals surface area contributed by atoms with Crippen LogP contribution in [0.5, 0.6) is 0 Å². The van der Waals surface area contributed by atoms with E-state index in [1.54, 1.807) is 0 Å². The van der Waals surface area contributed by atoms with E-state index in [4.69, 9.17) is 39.9 Å². The maximum absolute atomic E-state index is 11.1. The van der Waals surface area contributed by atoms with Gasteiger partial charge < -0.3 is 15.5 Å². The van der Waals surface area contributed by atoms with Crippen molar-refractivity contribution in [3.8, 4) is 0 Å². The Kier molecular flexibility index (Phi) is 8.20. The summed E-state index contributed by atoms with van der Waals surface area (Å²) in [6.45, 7) is 5.47. The monoisotopic (exact) mass is 342 g/mol. The highest BCUT2D eigenvalue weighted by molar-refractivity contribution is 6.46. The molecular weight excluding hydrogens is 327 g/mol. The molecule has 1 aromatic rings. The smallest absolute Gasteiger partial charge is 0.356 e. The van der Waals surface area contributed by atoms with Crippen LogP contribution in [0.25, 0.3) is 0 Å². The number of carboxylic acids is 1. The van der Waals surface area contributed by atoms with Gasteiger partial charge in [-0.25, -0.2) is 9.78 Å². The Bertz CT molecular complexity index is 478. The van der Waals surface area contributed by atoms with E-state index in [0.717, 1.165) is 12.8 Å². The van der Waals surface area contributed by atoms with Gasteiger partial charge in [-0.1, -0.05) is 48.7 Å². The minimum absolute atomic E-state index is 0. The van der Waals surface area contributed by atoms with Gasteiger partial charge in [-0.2, -0.15) is 0 Å². The van der Waals surface area contributed by atoms with E-state index in [1.165, 1.54) is 0 Å². The van der Waals surface area contributed by atoms with Gasteiger partial charge in [0.05, 0.1) is 10.7 Å². The molecule has 20 heavy (non-hydrogen) atoms. The SMILES string of the molecule is CCCN(CCC)c1c(Cl)c(Cl)nc(C(=O)O)c1Cl.O. The van der Waals surface area contributed by atoms with Gasteiger partial charge in [0.2, 0.25) is 0 Å². The van der Waals surface area contributed by atoms with Crippen molar-refractivity contribution < 1.29 is 15.4 Å². The van der Waals surface area contributed by atoms with Crippen LogP contribution < -0.4 is 4.90 Å². The average Bonchev–Trinajstić information content (AvgIpc) is 2.34. The topological polar surface area (TPSA) is 84.9 Å². The van der Waals surface area contributed by atoms with Crippen LogP contribution in [0, 0.1) is 0 Å². The largest absolute Gasteiger partial charge is 0.476 e. The molecule has 0 amide bonds. The van der Waals surface area contributed by atoms with E-state index in [-0.39, 0.29) is 26.4 Å². The number of pyridine rings is 1. The van der Waals surface area contributed by atoms with Crippen LogP contribution in [0.3, 0.4) is 0 Å². The molecule has 0 saturated heterocycles. The number of aromatic carboxylic acids is 1. The second-order valence-corrected chi connectivity index (χ2v) is 5.13. The number of halogens is 3. The van der Waals surface area contributed by atoms with Crippen molar-refractivity contribution in [3.63, 3.8) is 0 Å². The van der Waals surface area contributed by atoms with Crippen LogP contribution in [0.2, 0.25) is 15.2 Å². The lowest BCUT2D eigenvalue weighted by atomic mass is 10.2. The lowest BCUT2D eigenvalue weighted by Gasteiger charge is -2.26. The van der Waals surface area contributed by atoms with Crippen molar-refractivity contribution in [1.82, 2.24) is 4.98 Å². The highest BCUT2D eigenvalue weighted by Gasteiger charge is 2.24. The van der Waals surface area contributed by atoms with E-state index >= 15 is 0 Å². The number of aromatic nitrogens is 1. The van der Waals surface area contributed by atoms with Crippen molar-refractivity contribution in [3.05, 3.63) is 20.9 Å². The van der Waals surface area contributed by atoms with Gasteiger partial charge in [-0.3, -0.25) is 0 Å². The van der Waals surface area contributed by atoms with Gasteiger partial charge in [-0.05, 0) is 12.8 Å². The van der Waals surface area contributed by atoms with Gasteiger partial charge in [-0.15, -0.1) is 0 Å². The zero-order chi connectivity index (χ0) is 14.6. The molecular formula is C12H17Cl3N2O3. The summed E-state index contributed by atoms with van der Waals surface area (Å²) in [5.41, 5.74) is 0.174. The molecule has 0 atom stereocenters. The molecule has 0 spiro atoms. The quantitative estimate of drug-likeness (QED) is 0.800. The highest BCUT2D eigenvalue weighted by Crippen LogP contribution is 2.39. The third kappa shape index (κ3) is 4.12. The minimum Gasteiger partial charge on any atom is -0.476 e. The Morgan fingerprint density at radius 1 is 1.15 bits per heavy atom. The molecule has 8 heteroatoms. The minimum atomic E-state index is -1.22. The number of nitrogens with zero attached hydrogens (tertiary/aromatic N) is 2. The first-order chi connectivity index (χ1) is 8.93. The Morgan fingerprint density at radius 2 is 1.65 bits per heavy atom. The molecule has 3 N–H and O–H groups in total. The molecule has 0 aromatic carbocycles. The standard InChI is InChI=1S/C12H15Cl3N2O2.H2O/c1-3-5-17(6-4-2)10-7(13)9(12(18)19)16-11(15)8(10)14;/h3-6H2,1-2H3,(H,18,19);1H2. The summed E-state index contributed by atoms with van der Waals surface area (Å²) in [5, 5.41) is 9.26. The zero-order valence-corrected chi connectivity index (χ0v) is 13.5. The lowest BCUT2D eigenvalue weighted by Crippen LogP contribution is -2.26. The fraction of sp³-hybridized carbons (Fsp3) is 0.500. The third-order valence-corrected chi connectivity index (χ3v) is 3.61. The van der Waals surface area contributed by atoms with E-state index in [1.807, 2.05) is 18.7 Å². The van der Waals surface area contributed by atoms with Crippen LogP contribution in [0.4, 0.5) is 5.69 Å². The predicted molar refractivity (Wildman–Crippen MR) is 82.6 cm³/mol. The summed E-state index contributed by atoms with van der Waals surface area (Å²) < 4.78 is 0. The van der Waals surface area contributed by atoms with Crippen molar-refractivity contribution in [2.24, 2.45) is 0 Å². The molecule has 114 valence electrons. The number of hydrogen-bond donors (Lipinski definition) is 1. The highest BCUT2D eigenvalue weighted by atomic mass is 35.5. The number of carboxylic acid groups (broad SMARTS) is 1.